The third kappa shape index (κ3) is 3.99. The molecule has 3 N–H and O–H groups in total. The van der Waals surface area contributed by atoms with Crippen molar-refractivity contribution < 1.29 is 4.39 Å². The van der Waals surface area contributed by atoms with Crippen molar-refractivity contribution in [1.29, 1.82) is 0 Å². The number of H-pyrrole nitrogens is 1. The van der Waals surface area contributed by atoms with Gasteiger partial charge in [0.1, 0.15) is 11.6 Å². The van der Waals surface area contributed by atoms with E-state index < -0.39 is 0 Å². The van der Waals surface area contributed by atoms with Crippen LogP contribution in [0.5, 0.6) is 0 Å². The Balaban J connectivity index is 1.41. The van der Waals surface area contributed by atoms with Gasteiger partial charge in [-0.15, -0.1) is 0 Å². The fourth-order valence-corrected chi connectivity index (χ4v) is 3.86. The van der Waals surface area contributed by atoms with Crippen LogP contribution in [-0.4, -0.2) is 39.6 Å². The molecule has 6 nitrogen and oxygen atoms in total. The highest BCUT2D eigenvalue weighted by Crippen LogP contribution is 2.25. The van der Waals surface area contributed by atoms with E-state index in [1.54, 1.807) is 19.2 Å². The van der Waals surface area contributed by atoms with Gasteiger partial charge in [0.25, 0.3) is 0 Å². The lowest BCUT2D eigenvalue weighted by molar-refractivity contribution is 0.350. The summed E-state index contributed by atoms with van der Waals surface area (Å²) >= 11 is 0. The highest BCUT2D eigenvalue weighted by Gasteiger charge is 2.14. The second-order valence-electron chi connectivity index (χ2n) is 7.61. The number of piperidine rings is 1. The molecule has 28 heavy (non-hydrogen) atoms. The van der Waals surface area contributed by atoms with Gasteiger partial charge in [-0.3, -0.25) is 0 Å². The largest absolute Gasteiger partial charge is 0.354 e. The molecular formula is C21H27FN6. The normalized spacial score (nSPS) is 15.2. The maximum Gasteiger partial charge on any atom is 0.222 e. The minimum Gasteiger partial charge on any atom is -0.354 e. The van der Waals surface area contributed by atoms with Gasteiger partial charge in [-0.2, -0.15) is 0 Å². The van der Waals surface area contributed by atoms with Crippen LogP contribution in [0, 0.1) is 25.6 Å². The molecule has 0 saturated carbocycles. The molecule has 1 fully saturated rings. The second kappa shape index (κ2) is 8.22. The first-order valence-corrected chi connectivity index (χ1v) is 10.0. The number of fused-ring (bicyclic) bond motifs is 1. The number of halogens is 1. The van der Waals surface area contributed by atoms with Gasteiger partial charge in [-0.25, -0.2) is 19.3 Å². The van der Waals surface area contributed by atoms with Crippen LogP contribution in [0.3, 0.4) is 0 Å². The quantitative estimate of drug-likeness (QED) is 0.562. The first-order chi connectivity index (χ1) is 13.6. The van der Waals surface area contributed by atoms with E-state index in [4.69, 9.17) is 0 Å². The van der Waals surface area contributed by atoms with Crippen molar-refractivity contribution in [3.63, 3.8) is 0 Å². The summed E-state index contributed by atoms with van der Waals surface area (Å²) in [7, 11) is 0. The lowest BCUT2D eigenvalue weighted by Crippen LogP contribution is -2.27. The Morgan fingerprint density at radius 3 is 2.79 bits per heavy atom. The number of aromatic nitrogens is 4. The Bertz CT molecular complexity index is 961. The first-order valence-electron chi connectivity index (χ1n) is 10.0. The molecule has 0 spiro atoms. The molecular weight excluding hydrogens is 355 g/mol. The predicted molar refractivity (Wildman–Crippen MR) is 110 cm³/mol. The summed E-state index contributed by atoms with van der Waals surface area (Å²) in [6.07, 6.45) is 6.72. The average molecular weight is 382 g/mol. The van der Waals surface area contributed by atoms with Crippen LogP contribution in [0.25, 0.3) is 22.4 Å². The van der Waals surface area contributed by atoms with Crippen molar-refractivity contribution in [3.8, 4) is 11.4 Å². The Hall–Kier alpha value is -2.54. The number of benzene rings is 1. The molecule has 148 valence electrons. The minimum atomic E-state index is -0.248. The number of aryl methyl sites for hydroxylation is 2. The summed E-state index contributed by atoms with van der Waals surface area (Å²) in [4.78, 5) is 16.8. The Labute approximate surface area is 164 Å². The SMILES string of the molecule is Cc1nc(NCCCC2CCNCC2)ncc1-c1nc2c(C)c(F)ccc2[nH]1. The topological polar surface area (TPSA) is 78.5 Å². The maximum atomic E-state index is 13.8. The Morgan fingerprint density at radius 1 is 1.18 bits per heavy atom. The summed E-state index contributed by atoms with van der Waals surface area (Å²) in [5, 5.41) is 6.74. The zero-order valence-corrected chi connectivity index (χ0v) is 16.5. The fraction of sp³-hybridized carbons (Fsp3) is 0.476. The molecule has 0 radical (unpaired) electrons. The van der Waals surface area contributed by atoms with E-state index in [0.717, 1.165) is 48.7 Å². The molecule has 3 heterocycles. The number of imidazole rings is 1. The van der Waals surface area contributed by atoms with Crippen molar-refractivity contribution in [1.82, 2.24) is 25.3 Å². The van der Waals surface area contributed by atoms with Gasteiger partial charge in [0.05, 0.1) is 22.3 Å². The van der Waals surface area contributed by atoms with Crippen molar-refractivity contribution in [2.45, 2.75) is 39.5 Å². The Kier molecular flexibility index (Phi) is 5.52. The average Bonchev–Trinajstić information content (AvgIpc) is 3.14. The third-order valence-electron chi connectivity index (χ3n) is 5.61. The molecule has 1 aliphatic heterocycles. The summed E-state index contributed by atoms with van der Waals surface area (Å²) in [5.74, 6) is 1.90. The van der Waals surface area contributed by atoms with Crippen LogP contribution in [0.15, 0.2) is 18.3 Å². The smallest absolute Gasteiger partial charge is 0.222 e. The van der Waals surface area contributed by atoms with E-state index in [1.807, 2.05) is 6.92 Å². The summed E-state index contributed by atoms with van der Waals surface area (Å²) < 4.78 is 13.8. The number of nitrogens with zero attached hydrogens (tertiary/aromatic N) is 3. The van der Waals surface area contributed by atoms with Crippen molar-refractivity contribution in [2.75, 3.05) is 25.0 Å². The van der Waals surface area contributed by atoms with Crippen LogP contribution < -0.4 is 10.6 Å². The fourth-order valence-electron chi connectivity index (χ4n) is 3.86. The van der Waals surface area contributed by atoms with Crippen LogP contribution in [0.1, 0.15) is 36.9 Å². The molecule has 0 bridgehead atoms. The molecule has 1 aliphatic rings. The zero-order valence-electron chi connectivity index (χ0n) is 16.5. The third-order valence-corrected chi connectivity index (χ3v) is 5.61. The van der Waals surface area contributed by atoms with Gasteiger partial charge in [0.15, 0.2) is 0 Å². The van der Waals surface area contributed by atoms with Crippen LogP contribution in [0.2, 0.25) is 0 Å². The van der Waals surface area contributed by atoms with E-state index in [9.17, 15) is 4.39 Å². The highest BCUT2D eigenvalue weighted by molar-refractivity contribution is 5.82. The van der Waals surface area contributed by atoms with Crippen molar-refractivity contribution in [3.05, 3.63) is 35.4 Å². The second-order valence-corrected chi connectivity index (χ2v) is 7.61. The summed E-state index contributed by atoms with van der Waals surface area (Å²) in [6.45, 7) is 6.86. The molecule has 4 rings (SSSR count). The predicted octanol–water partition coefficient (Wildman–Crippen LogP) is 3.97. The number of nitrogens with one attached hydrogen (secondary N) is 3. The van der Waals surface area contributed by atoms with Crippen molar-refractivity contribution in [2.24, 2.45) is 5.92 Å². The van der Waals surface area contributed by atoms with Gasteiger partial charge in [-0.1, -0.05) is 0 Å². The molecule has 3 aromatic rings. The number of hydrogen-bond acceptors (Lipinski definition) is 5. The number of anilines is 1. The first kappa shape index (κ1) is 18.8. The minimum absolute atomic E-state index is 0.248. The zero-order chi connectivity index (χ0) is 19.5. The van der Waals surface area contributed by atoms with E-state index in [1.165, 1.54) is 25.3 Å². The molecule has 1 aromatic carbocycles. The highest BCUT2D eigenvalue weighted by atomic mass is 19.1. The van der Waals surface area contributed by atoms with Gasteiger partial charge in [-0.05, 0) is 70.7 Å². The molecule has 0 aliphatic carbocycles. The van der Waals surface area contributed by atoms with E-state index in [-0.39, 0.29) is 5.82 Å². The van der Waals surface area contributed by atoms with Crippen LogP contribution in [0.4, 0.5) is 10.3 Å². The van der Waals surface area contributed by atoms with E-state index in [0.29, 0.717) is 22.9 Å². The van der Waals surface area contributed by atoms with Gasteiger partial charge in [0, 0.05) is 18.3 Å². The van der Waals surface area contributed by atoms with Gasteiger partial charge in [0.2, 0.25) is 5.95 Å². The van der Waals surface area contributed by atoms with Gasteiger partial charge < -0.3 is 15.6 Å². The molecule has 2 aromatic heterocycles. The van der Waals surface area contributed by atoms with Crippen molar-refractivity contribution >= 4 is 17.0 Å². The number of rotatable bonds is 6. The summed E-state index contributed by atoms with van der Waals surface area (Å²) in [5.41, 5.74) is 3.68. The number of aromatic amines is 1. The molecule has 7 heteroatoms. The molecule has 0 unspecified atom stereocenters. The number of hydrogen-bond donors (Lipinski definition) is 3. The maximum absolute atomic E-state index is 13.8. The van der Waals surface area contributed by atoms with Crippen LogP contribution >= 0.6 is 0 Å². The van der Waals surface area contributed by atoms with E-state index >= 15 is 0 Å². The van der Waals surface area contributed by atoms with Crippen LogP contribution in [-0.2, 0) is 0 Å². The Morgan fingerprint density at radius 2 is 2.00 bits per heavy atom. The van der Waals surface area contributed by atoms with Gasteiger partial charge >= 0.3 is 0 Å². The summed E-state index contributed by atoms with van der Waals surface area (Å²) in [6, 6.07) is 3.17. The monoisotopic (exact) mass is 382 g/mol. The lowest BCUT2D eigenvalue weighted by atomic mass is 9.93. The molecule has 0 atom stereocenters. The standard InChI is InChI=1S/C21H27FN6/c1-13-17(22)5-6-18-19(13)28-20(27-18)16-12-25-21(26-14(16)2)24-9-3-4-15-7-10-23-11-8-15/h5-6,12,15,23H,3-4,7-11H2,1-2H3,(H,27,28)(H,24,25,26). The molecule has 0 amide bonds. The van der Waals surface area contributed by atoms with E-state index in [2.05, 4.69) is 30.6 Å². The molecule has 1 saturated heterocycles. The lowest BCUT2D eigenvalue weighted by Gasteiger charge is -2.22.